The summed E-state index contributed by atoms with van der Waals surface area (Å²) in [5.41, 5.74) is 0. The largest absolute Gasteiger partial charge is 0.467 e. The van der Waals surface area contributed by atoms with Crippen molar-refractivity contribution in [3.05, 3.63) is 0 Å². The molecule has 0 unspecified atom stereocenters. The molecule has 0 aromatic heterocycles. The van der Waals surface area contributed by atoms with E-state index < -0.39 is 83.8 Å². The van der Waals surface area contributed by atoms with Crippen LogP contribution in [-0.4, -0.2) is 132 Å². The zero-order valence-corrected chi connectivity index (χ0v) is 33.5. The number of nitrogens with one attached hydrogen (secondary N) is 3. The monoisotopic (exact) mass is 726 g/mol. The summed E-state index contributed by atoms with van der Waals surface area (Å²) in [6.07, 6.45) is -0.262. The SMILES string of the molecule is CC[C@H](C)[C@@H](NC(=O)[C@H](NC(=O)[C@@H](C)N(C)C(=O)C(C)C)[C@H](C)O)C(=O)N(C)[C@@H](C)C(=O)N(C)[C@@H](CC(C)C)C(=O)N[C@@H](CC(C)C)C(=O)OC. The Morgan fingerprint density at radius 1 is 0.608 bits per heavy atom. The van der Waals surface area contributed by atoms with Crippen LogP contribution in [0.1, 0.15) is 95.4 Å². The zero-order chi connectivity index (χ0) is 40.1. The van der Waals surface area contributed by atoms with E-state index in [-0.39, 0.29) is 30.1 Å². The molecule has 51 heavy (non-hydrogen) atoms. The molecule has 0 aromatic carbocycles. The molecule has 0 saturated carbocycles. The van der Waals surface area contributed by atoms with Crippen molar-refractivity contribution in [3.63, 3.8) is 0 Å². The smallest absolute Gasteiger partial charge is 0.328 e. The second-order valence-electron chi connectivity index (χ2n) is 14.8. The molecule has 4 N–H and O–H groups in total. The van der Waals surface area contributed by atoms with Crippen molar-refractivity contribution in [2.45, 2.75) is 138 Å². The molecule has 8 atom stereocenters. The van der Waals surface area contributed by atoms with E-state index >= 15 is 0 Å². The third kappa shape index (κ3) is 14.1. The molecular weight excluding hydrogens is 660 g/mol. The molecule has 6 amide bonds. The molecule has 0 aliphatic heterocycles. The molecule has 15 heteroatoms. The third-order valence-corrected chi connectivity index (χ3v) is 9.25. The van der Waals surface area contributed by atoms with Crippen LogP contribution in [0, 0.1) is 23.7 Å². The average Bonchev–Trinajstić information content (AvgIpc) is 3.07. The number of rotatable bonds is 20. The van der Waals surface area contributed by atoms with Crippen LogP contribution in [0.3, 0.4) is 0 Å². The fraction of sp³-hybridized carbons (Fsp3) is 0.806. The number of nitrogens with zero attached hydrogens (tertiary/aromatic N) is 3. The number of hydrogen-bond acceptors (Lipinski definition) is 9. The first-order valence-electron chi connectivity index (χ1n) is 17.9. The first kappa shape index (κ1) is 47.2. The van der Waals surface area contributed by atoms with Gasteiger partial charge in [-0.2, -0.15) is 0 Å². The number of carbonyl (C=O) groups excluding carboxylic acids is 7. The van der Waals surface area contributed by atoms with Crippen LogP contribution in [-0.2, 0) is 38.3 Å². The Balaban J connectivity index is 6.18. The fourth-order valence-corrected chi connectivity index (χ4v) is 5.39. The number of aliphatic hydroxyl groups is 1. The summed E-state index contributed by atoms with van der Waals surface area (Å²) in [4.78, 5) is 96.5. The van der Waals surface area contributed by atoms with Gasteiger partial charge >= 0.3 is 5.97 Å². The van der Waals surface area contributed by atoms with Gasteiger partial charge in [-0.15, -0.1) is 0 Å². The Morgan fingerprint density at radius 3 is 1.53 bits per heavy atom. The number of esters is 1. The lowest BCUT2D eigenvalue weighted by Crippen LogP contribution is -2.62. The Bertz CT molecular complexity index is 1210. The molecule has 0 heterocycles. The Morgan fingerprint density at radius 2 is 1.10 bits per heavy atom. The number of methoxy groups -OCH3 is 1. The summed E-state index contributed by atoms with van der Waals surface area (Å²) >= 11 is 0. The number of ether oxygens (including phenoxy) is 1. The number of amides is 6. The van der Waals surface area contributed by atoms with Gasteiger partial charge in [-0.1, -0.05) is 61.8 Å². The lowest BCUT2D eigenvalue weighted by molar-refractivity contribution is -0.150. The highest BCUT2D eigenvalue weighted by Crippen LogP contribution is 2.18. The highest BCUT2D eigenvalue weighted by atomic mass is 16.5. The van der Waals surface area contributed by atoms with Crippen LogP contribution >= 0.6 is 0 Å². The van der Waals surface area contributed by atoms with E-state index in [0.29, 0.717) is 12.8 Å². The number of likely N-dealkylation sites (N-methyl/N-ethyl adjacent to an activating group) is 3. The maximum absolute atomic E-state index is 14.0. The van der Waals surface area contributed by atoms with Crippen LogP contribution in [0.5, 0.6) is 0 Å². The van der Waals surface area contributed by atoms with Gasteiger partial charge in [0.1, 0.15) is 36.3 Å². The van der Waals surface area contributed by atoms with E-state index in [9.17, 15) is 38.7 Å². The van der Waals surface area contributed by atoms with Gasteiger partial charge in [0.25, 0.3) is 0 Å². The van der Waals surface area contributed by atoms with Crippen molar-refractivity contribution in [2.24, 2.45) is 23.7 Å². The van der Waals surface area contributed by atoms with Gasteiger partial charge in [0, 0.05) is 27.1 Å². The minimum Gasteiger partial charge on any atom is -0.467 e. The minimum absolute atomic E-state index is 0.00114. The van der Waals surface area contributed by atoms with Crippen LogP contribution in [0.4, 0.5) is 0 Å². The maximum atomic E-state index is 14.0. The second kappa shape index (κ2) is 21.6. The molecule has 0 spiro atoms. The topological polar surface area (TPSA) is 195 Å². The van der Waals surface area contributed by atoms with Crippen molar-refractivity contribution < 1.29 is 43.4 Å². The zero-order valence-electron chi connectivity index (χ0n) is 33.5. The van der Waals surface area contributed by atoms with Gasteiger partial charge in [0.05, 0.1) is 13.2 Å². The number of carbonyl (C=O) groups is 7. The molecule has 0 radical (unpaired) electrons. The van der Waals surface area contributed by atoms with Gasteiger partial charge < -0.3 is 40.5 Å². The summed E-state index contributed by atoms with van der Waals surface area (Å²) in [5, 5.41) is 18.4. The highest BCUT2D eigenvalue weighted by molar-refractivity contribution is 5.97. The predicted octanol–water partition coefficient (Wildman–Crippen LogP) is 1.31. The van der Waals surface area contributed by atoms with Crippen molar-refractivity contribution in [3.8, 4) is 0 Å². The van der Waals surface area contributed by atoms with Gasteiger partial charge in [0.15, 0.2) is 0 Å². The first-order valence-corrected chi connectivity index (χ1v) is 17.9. The summed E-state index contributed by atoms with van der Waals surface area (Å²) in [6.45, 7) is 18.9. The molecule has 294 valence electrons. The van der Waals surface area contributed by atoms with Gasteiger partial charge in [0.2, 0.25) is 35.4 Å². The molecule has 0 aromatic rings. The van der Waals surface area contributed by atoms with Crippen molar-refractivity contribution >= 4 is 41.4 Å². The maximum Gasteiger partial charge on any atom is 0.328 e. The van der Waals surface area contributed by atoms with Gasteiger partial charge in [-0.25, -0.2) is 4.79 Å². The van der Waals surface area contributed by atoms with Crippen LogP contribution in [0.2, 0.25) is 0 Å². The van der Waals surface area contributed by atoms with Crippen molar-refractivity contribution in [1.82, 2.24) is 30.7 Å². The number of aliphatic hydroxyl groups excluding tert-OH is 1. The molecule has 0 aliphatic rings. The predicted molar refractivity (Wildman–Crippen MR) is 194 cm³/mol. The third-order valence-electron chi connectivity index (χ3n) is 9.25. The van der Waals surface area contributed by atoms with E-state index in [0.717, 1.165) is 0 Å². The number of hydrogen-bond donors (Lipinski definition) is 4. The van der Waals surface area contributed by atoms with Crippen LogP contribution in [0.15, 0.2) is 0 Å². The summed E-state index contributed by atoms with van der Waals surface area (Å²) in [6, 6.07) is -6.45. The van der Waals surface area contributed by atoms with E-state index in [4.69, 9.17) is 4.74 Å². The average molecular weight is 727 g/mol. The Kier molecular flexibility index (Phi) is 20.0. The van der Waals surface area contributed by atoms with E-state index in [1.807, 2.05) is 34.6 Å². The van der Waals surface area contributed by atoms with E-state index in [1.54, 1.807) is 20.8 Å². The molecular formula is C36H66N6O9. The molecule has 0 bridgehead atoms. The molecule has 15 nitrogen and oxygen atoms in total. The summed E-state index contributed by atoms with van der Waals surface area (Å²) < 4.78 is 4.88. The highest BCUT2D eigenvalue weighted by Gasteiger charge is 2.39. The van der Waals surface area contributed by atoms with E-state index in [1.165, 1.54) is 63.7 Å². The van der Waals surface area contributed by atoms with Crippen molar-refractivity contribution in [2.75, 3.05) is 28.3 Å². The first-order chi connectivity index (χ1) is 23.4. The van der Waals surface area contributed by atoms with Gasteiger partial charge in [-0.05, 0) is 51.4 Å². The van der Waals surface area contributed by atoms with Crippen LogP contribution in [0.25, 0.3) is 0 Å². The Hall–Kier alpha value is -3.75. The molecule has 0 fully saturated rings. The van der Waals surface area contributed by atoms with Gasteiger partial charge in [-0.3, -0.25) is 28.8 Å². The Labute approximate surface area is 304 Å². The molecule has 0 aliphatic carbocycles. The standard InChI is InChI=1S/C36H66N6O9/c1-16-22(8)28(38-32(46)29(25(11)43)39-30(44)23(9)40(12)33(47)21(6)7)35(49)41(13)24(10)34(48)42(14)27(18-20(4)5)31(45)37-26(17-19(2)3)36(50)51-15/h19-29,43H,16-18H2,1-15H3,(H,37,45)(H,38,46)(H,39,44)/t22-,23+,24-,25-,26-,27-,28+,29+/m0/s1. The lowest BCUT2D eigenvalue weighted by atomic mass is 9.96. The summed E-state index contributed by atoms with van der Waals surface area (Å²) in [7, 11) is 5.60. The lowest BCUT2D eigenvalue weighted by Gasteiger charge is -2.36. The van der Waals surface area contributed by atoms with E-state index in [2.05, 4.69) is 16.0 Å². The molecule has 0 rings (SSSR count). The second-order valence-corrected chi connectivity index (χ2v) is 14.8. The quantitative estimate of drug-likeness (QED) is 0.134. The summed E-state index contributed by atoms with van der Waals surface area (Å²) in [5.74, 6) is -4.71. The molecule has 0 saturated heterocycles. The van der Waals surface area contributed by atoms with Crippen LogP contribution < -0.4 is 16.0 Å². The van der Waals surface area contributed by atoms with Crippen molar-refractivity contribution in [1.29, 1.82) is 0 Å². The normalized spacial score (nSPS) is 16.1. The fourth-order valence-electron chi connectivity index (χ4n) is 5.39. The minimum atomic E-state index is -1.45.